The summed E-state index contributed by atoms with van der Waals surface area (Å²) in [6.07, 6.45) is 1.76. The van der Waals surface area contributed by atoms with Crippen LogP contribution in [0.15, 0.2) is 35.8 Å². The van der Waals surface area contributed by atoms with E-state index in [-0.39, 0.29) is 49.9 Å². The molecule has 1 amide bonds. The van der Waals surface area contributed by atoms with Gasteiger partial charge in [-0.25, -0.2) is 0 Å². The van der Waals surface area contributed by atoms with E-state index in [1.807, 2.05) is 0 Å². The second-order valence-electron chi connectivity index (χ2n) is 5.17. The second-order valence-corrected chi connectivity index (χ2v) is 6.12. The molecule has 25 heavy (non-hydrogen) atoms. The summed E-state index contributed by atoms with van der Waals surface area (Å²) < 4.78 is 4.84. The molecule has 0 unspecified atom stereocenters. The molecule has 0 aromatic carbocycles. The minimum absolute atomic E-state index is 0.0391. The lowest BCUT2D eigenvalue weighted by molar-refractivity contribution is -0.142. The van der Waals surface area contributed by atoms with Gasteiger partial charge in [0.1, 0.15) is 0 Å². The van der Waals surface area contributed by atoms with Gasteiger partial charge in [-0.3, -0.25) is 19.2 Å². The van der Waals surface area contributed by atoms with Crippen LogP contribution in [0.2, 0.25) is 0 Å². The average molecular weight is 362 g/mol. The molecular weight excluding hydrogens is 344 g/mol. The van der Waals surface area contributed by atoms with Gasteiger partial charge >= 0.3 is 5.97 Å². The summed E-state index contributed by atoms with van der Waals surface area (Å²) in [5.74, 6) is -1.28. The summed E-state index contributed by atoms with van der Waals surface area (Å²) in [5, 5.41) is 4.35. The van der Waals surface area contributed by atoms with E-state index < -0.39 is 5.97 Å². The Kier molecular flexibility index (Phi) is 7.09. The Labute approximate surface area is 148 Å². The van der Waals surface area contributed by atoms with Crippen molar-refractivity contribution in [2.24, 2.45) is 0 Å². The molecule has 2 rings (SSSR count). The third-order valence-corrected chi connectivity index (χ3v) is 4.20. The predicted octanol–water partition coefficient (Wildman–Crippen LogP) is 1.97. The fraction of sp³-hybridized carbons (Fsp3) is 0.294. The summed E-state index contributed by atoms with van der Waals surface area (Å²) in [6.45, 7) is -0.246. The zero-order valence-electron chi connectivity index (χ0n) is 13.4. The maximum absolute atomic E-state index is 11.8. The Morgan fingerprint density at radius 2 is 1.88 bits per heavy atom. The standard InChI is InChI=1S/C17H18N2O5S/c20-13(15-4-2-10-25-15)5-6-16(22)19-9-7-17(23)24-11-14(21)12-3-1-8-18-12/h1-4,8,10,18H,5-7,9,11H2,(H,19,22). The predicted molar refractivity (Wildman–Crippen MR) is 91.6 cm³/mol. The Bertz CT molecular complexity index is 660. The number of aromatic nitrogens is 1. The Morgan fingerprint density at radius 3 is 2.56 bits per heavy atom. The number of hydrogen-bond acceptors (Lipinski definition) is 6. The summed E-state index contributed by atoms with van der Waals surface area (Å²) in [7, 11) is 0. The SMILES string of the molecule is O=C(CCC(=O)c1cccs1)NCCC(=O)OCC(=O)c1ccc[nH]1. The number of hydrogen-bond donors (Lipinski definition) is 2. The molecule has 132 valence electrons. The highest BCUT2D eigenvalue weighted by Gasteiger charge is 2.12. The lowest BCUT2D eigenvalue weighted by Gasteiger charge is -2.05. The molecule has 8 heteroatoms. The normalized spacial score (nSPS) is 10.2. The summed E-state index contributed by atoms with van der Waals surface area (Å²) in [5.41, 5.74) is 0.372. The highest BCUT2D eigenvalue weighted by Crippen LogP contribution is 2.12. The molecule has 0 spiro atoms. The molecule has 7 nitrogen and oxygen atoms in total. The quantitative estimate of drug-likeness (QED) is 0.497. The molecule has 0 fully saturated rings. The van der Waals surface area contributed by atoms with E-state index >= 15 is 0 Å². The van der Waals surface area contributed by atoms with Gasteiger partial charge < -0.3 is 15.0 Å². The van der Waals surface area contributed by atoms with Crippen molar-refractivity contribution in [1.82, 2.24) is 10.3 Å². The number of carbonyl (C=O) groups is 4. The van der Waals surface area contributed by atoms with E-state index in [1.54, 1.807) is 35.8 Å². The maximum atomic E-state index is 11.8. The van der Waals surface area contributed by atoms with Crippen LogP contribution in [0.5, 0.6) is 0 Å². The van der Waals surface area contributed by atoms with Crippen LogP contribution < -0.4 is 5.32 Å². The topological polar surface area (TPSA) is 105 Å². The first kappa shape index (κ1) is 18.6. The zero-order chi connectivity index (χ0) is 18.1. The molecule has 0 radical (unpaired) electrons. The van der Waals surface area contributed by atoms with Crippen LogP contribution >= 0.6 is 11.3 Å². The van der Waals surface area contributed by atoms with Crippen molar-refractivity contribution in [3.8, 4) is 0 Å². The van der Waals surface area contributed by atoms with Gasteiger partial charge in [-0.05, 0) is 23.6 Å². The van der Waals surface area contributed by atoms with Gasteiger partial charge in [-0.1, -0.05) is 6.07 Å². The number of rotatable bonds is 10. The monoisotopic (exact) mass is 362 g/mol. The van der Waals surface area contributed by atoms with Crippen LogP contribution in [0.4, 0.5) is 0 Å². The molecule has 0 saturated heterocycles. The Balaban J connectivity index is 1.56. The van der Waals surface area contributed by atoms with E-state index in [2.05, 4.69) is 10.3 Å². The molecule has 0 saturated carbocycles. The minimum atomic E-state index is -0.574. The summed E-state index contributed by atoms with van der Waals surface area (Å²) in [4.78, 5) is 49.9. The molecule has 0 atom stereocenters. The molecule has 2 aromatic rings. The third-order valence-electron chi connectivity index (χ3n) is 3.29. The van der Waals surface area contributed by atoms with Gasteiger partial charge in [0, 0.05) is 25.6 Å². The van der Waals surface area contributed by atoms with Gasteiger partial charge in [0.2, 0.25) is 11.7 Å². The zero-order valence-corrected chi connectivity index (χ0v) is 14.3. The fourth-order valence-electron chi connectivity index (χ4n) is 1.98. The van der Waals surface area contributed by atoms with E-state index in [0.717, 1.165) is 0 Å². The second kappa shape index (κ2) is 9.53. The first-order valence-corrected chi connectivity index (χ1v) is 8.60. The van der Waals surface area contributed by atoms with Crippen LogP contribution in [0.25, 0.3) is 0 Å². The molecule has 2 N–H and O–H groups in total. The van der Waals surface area contributed by atoms with Gasteiger partial charge in [0.25, 0.3) is 0 Å². The number of carbonyl (C=O) groups excluding carboxylic acids is 4. The number of H-pyrrole nitrogens is 1. The van der Waals surface area contributed by atoms with E-state index in [9.17, 15) is 19.2 Å². The van der Waals surface area contributed by atoms with Crippen LogP contribution in [-0.2, 0) is 14.3 Å². The van der Waals surface area contributed by atoms with E-state index in [0.29, 0.717) is 10.6 Å². The van der Waals surface area contributed by atoms with Gasteiger partial charge in [-0.15, -0.1) is 11.3 Å². The minimum Gasteiger partial charge on any atom is -0.457 e. The first-order chi connectivity index (χ1) is 12.1. The maximum Gasteiger partial charge on any atom is 0.308 e. The first-order valence-electron chi connectivity index (χ1n) is 7.72. The van der Waals surface area contributed by atoms with Crippen molar-refractivity contribution < 1.29 is 23.9 Å². The van der Waals surface area contributed by atoms with Gasteiger partial charge in [0.15, 0.2) is 12.4 Å². The van der Waals surface area contributed by atoms with Crippen molar-refractivity contribution in [1.29, 1.82) is 0 Å². The number of ketones is 2. The third kappa shape index (κ3) is 6.34. The lowest BCUT2D eigenvalue weighted by atomic mass is 10.2. The van der Waals surface area contributed by atoms with E-state index in [4.69, 9.17) is 4.74 Å². The van der Waals surface area contributed by atoms with Crippen molar-refractivity contribution >= 4 is 34.8 Å². The van der Waals surface area contributed by atoms with Crippen LogP contribution in [0, 0.1) is 0 Å². The number of Topliss-reactive ketones (excluding diaryl/α,β-unsaturated/α-hetero) is 2. The number of thiophene rings is 1. The van der Waals surface area contributed by atoms with Gasteiger partial charge in [-0.2, -0.15) is 0 Å². The summed E-state index contributed by atoms with van der Waals surface area (Å²) >= 11 is 1.34. The van der Waals surface area contributed by atoms with Crippen LogP contribution in [0.3, 0.4) is 0 Å². The fourth-order valence-corrected chi connectivity index (χ4v) is 2.67. The highest BCUT2D eigenvalue weighted by atomic mass is 32.1. The highest BCUT2D eigenvalue weighted by molar-refractivity contribution is 7.12. The molecule has 0 aliphatic rings. The van der Waals surface area contributed by atoms with Crippen molar-refractivity contribution in [3.05, 3.63) is 46.4 Å². The number of aromatic amines is 1. The lowest BCUT2D eigenvalue weighted by Crippen LogP contribution is -2.27. The van der Waals surface area contributed by atoms with E-state index in [1.165, 1.54) is 11.3 Å². The van der Waals surface area contributed by atoms with Crippen molar-refractivity contribution in [2.45, 2.75) is 19.3 Å². The number of nitrogens with one attached hydrogen (secondary N) is 2. The molecule has 0 aliphatic carbocycles. The largest absolute Gasteiger partial charge is 0.457 e. The van der Waals surface area contributed by atoms with Crippen molar-refractivity contribution in [2.75, 3.05) is 13.2 Å². The Morgan fingerprint density at radius 1 is 1.04 bits per heavy atom. The van der Waals surface area contributed by atoms with Crippen LogP contribution in [-0.4, -0.2) is 41.6 Å². The van der Waals surface area contributed by atoms with Gasteiger partial charge in [0.05, 0.1) is 17.0 Å². The number of amides is 1. The summed E-state index contributed by atoms with van der Waals surface area (Å²) in [6, 6.07) is 6.77. The molecule has 2 aromatic heterocycles. The Hall–Kier alpha value is -2.74. The average Bonchev–Trinajstić information content (AvgIpc) is 3.30. The molecule has 0 aliphatic heterocycles. The van der Waals surface area contributed by atoms with Crippen LogP contribution in [0.1, 0.15) is 39.4 Å². The van der Waals surface area contributed by atoms with Crippen molar-refractivity contribution in [3.63, 3.8) is 0 Å². The number of esters is 1. The molecule has 0 bridgehead atoms. The molecule has 2 heterocycles. The molecular formula is C17H18N2O5S. The smallest absolute Gasteiger partial charge is 0.308 e. The number of ether oxygens (including phenoxy) is 1.